The molecular formula is C9H12ClNO2. The summed E-state index contributed by atoms with van der Waals surface area (Å²) in [6, 6.07) is 1.65. The molecule has 0 aliphatic heterocycles. The van der Waals surface area contributed by atoms with E-state index in [2.05, 4.69) is 4.98 Å². The van der Waals surface area contributed by atoms with Crippen molar-refractivity contribution >= 4 is 18.4 Å². The molecule has 1 N–H and O–H groups in total. The van der Waals surface area contributed by atoms with Gasteiger partial charge in [0.2, 0.25) is 0 Å². The predicted molar refractivity (Wildman–Crippen MR) is 52.5 cm³/mol. The van der Waals surface area contributed by atoms with Crippen molar-refractivity contribution in [1.82, 2.24) is 4.98 Å². The van der Waals surface area contributed by atoms with Crippen molar-refractivity contribution in [2.24, 2.45) is 0 Å². The van der Waals surface area contributed by atoms with Gasteiger partial charge in [-0.2, -0.15) is 0 Å². The first-order chi connectivity index (χ1) is 5.61. The van der Waals surface area contributed by atoms with Crippen LogP contribution in [-0.4, -0.2) is 16.1 Å². The molecule has 0 saturated heterocycles. The Morgan fingerprint density at radius 1 is 1.46 bits per heavy atom. The van der Waals surface area contributed by atoms with Gasteiger partial charge in [0.1, 0.15) is 0 Å². The zero-order chi connectivity index (χ0) is 9.14. The lowest BCUT2D eigenvalue weighted by atomic mass is 10.0. The van der Waals surface area contributed by atoms with E-state index in [1.807, 2.05) is 13.8 Å². The molecule has 0 amide bonds. The Bertz CT molecular complexity index is 299. The normalized spacial score (nSPS) is 9.46. The van der Waals surface area contributed by atoms with Crippen LogP contribution in [0.15, 0.2) is 18.5 Å². The van der Waals surface area contributed by atoms with Gasteiger partial charge in [0, 0.05) is 12.4 Å². The second-order valence-corrected chi connectivity index (χ2v) is 2.97. The van der Waals surface area contributed by atoms with E-state index in [0.29, 0.717) is 5.92 Å². The van der Waals surface area contributed by atoms with Gasteiger partial charge in [-0.05, 0) is 17.5 Å². The van der Waals surface area contributed by atoms with Crippen molar-refractivity contribution in [1.29, 1.82) is 0 Å². The van der Waals surface area contributed by atoms with Crippen LogP contribution in [0.5, 0.6) is 0 Å². The third kappa shape index (κ3) is 3.03. The number of carboxylic acids is 1. The Morgan fingerprint density at radius 2 is 2.08 bits per heavy atom. The van der Waals surface area contributed by atoms with Gasteiger partial charge in [-0.25, -0.2) is 4.79 Å². The quantitative estimate of drug-likeness (QED) is 0.799. The zero-order valence-corrected chi connectivity index (χ0v) is 8.34. The second-order valence-electron chi connectivity index (χ2n) is 2.97. The van der Waals surface area contributed by atoms with Crippen LogP contribution in [0, 0.1) is 0 Å². The highest BCUT2D eigenvalue weighted by molar-refractivity contribution is 5.87. The number of rotatable bonds is 2. The molecule has 0 fully saturated rings. The van der Waals surface area contributed by atoms with Crippen molar-refractivity contribution < 1.29 is 9.90 Å². The lowest BCUT2D eigenvalue weighted by molar-refractivity contribution is 0.0696. The second kappa shape index (κ2) is 4.82. The minimum Gasteiger partial charge on any atom is -0.478 e. The Labute approximate surface area is 83.2 Å². The average molecular weight is 202 g/mol. The van der Waals surface area contributed by atoms with E-state index in [9.17, 15) is 4.79 Å². The maximum atomic E-state index is 10.5. The molecule has 0 aliphatic carbocycles. The number of halogens is 1. The molecule has 0 spiro atoms. The Morgan fingerprint density at radius 3 is 2.54 bits per heavy atom. The molecule has 0 aliphatic rings. The van der Waals surface area contributed by atoms with Crippen molar-refractivity contribution in [3.63, 3.8) is 0 Å². The third-order valence-electron chi connectivity index (χ3n) is 1.67. The molecule has 0 bridgehead atoms. The first-order valence-electron chi connectivity index (χ1n) is 3.79. The van der Waals surface area contributed by atoms with Gasteiger partial charge < -0.3 is 5.11 Å². The zero-order valence-electron chi connectivity index (χ0n) is 7.52. The van der Waals surface area contributed by atoms with Crippen LogP contribution >= 0.6 is 12.4 Å². The minimum atomic E-state index is -0.926. The number of hydrogen-bond acceptors (Lipinski definition) is 2. The van der Waals surface area contributed by atoms with Gasteiger partial charge in [0.15, 0.2) is 0 Å². The number of nitrogens with zero attached hydrogens (tertiary/aromatic N) is 1. The van der Waals surface area contributed by atoms with Crippen LogP contribution in [0.25, 0.3) is 0 Å². The summed E-state index contributed by atoms with van der Waals surface area (Å²) < 4.78 is 0. The fourth-order valence-electron chi connectivity index (χ4n) is 0.890. The molecule has 1 rings (SSSR count). The van der Waals surface area contributed by atoms with Crippen molar-refractivity contribution in [2.45, 2.75) is 19.8 Å². The first-order valence-corrected chi connectivity index (χ1v) is 3.79. The number of hydrogen-bond donors (Lipinski definition) is 1. The smallest absolute Gasteiger partial charge is 0.337 e. The summed E-state index contributed by atoms with van der Waals surface area (Å²) in [5.74, 6) is -0.609. The molecule has 4 heteroatoms. The molecule has 1 aromatic heterocycles. The van der Waals surface area contributed by atoms with E-state index < -0.39 is 5.97 Å². The summed E-state index contributed by atoms with van der Waals surface area (Å²) in [6.45, 7) is 4.01. The lowest BCUT2D eigenvalue weighted by Crippen LogP contribution is -1.99. The monoisotopic (exact) mass is 201 g/mol. The molecule has 13 heavy (non-hydrogen) atoms. The van der Waals surface area contributed by atoms with Gasteiger partial charge in [0.05, 0.1) is 5.56 Å². The van der Waals surface area contributed by atoms with Gasteiger partial charge in [0.25, 0.3) is 0 Å². The van der Waals surface area contributed by atoms with Crippen LogP contribution in [0.2, 0.25) is 0 Å². The molecule has 0 aromatic carbocycles. The summed E-state index contributed by atoms with van der Waals surface area (Å²) in [5.41, 5.74) is 1.20. The lowest BCUT2D eigenvalue weighted by Gasteiger charge is -2.04. The number of aromatic carboxylic acids is 1. The highest BCUT2D eigenvalue weighted by atomic mass is 35.5. The molecule has 0 atom stereocenters. The van der Waals surface area contributed by atoms with Crippen LogP contribution in [0.4, 0.5) is 0 Å². The maximum absolute atomic E-state index is 10.5. The molecule has 0 radical (unpaired) electrons. The van der Waals surface area contributed by atoms with Crippen molar-refractivity contribution in [3.05, 3.63) is 29.6 Å². The van der Waals surface area contributed by atoms with Gasteiger partial charge in [-0.15, -0.1) is 12.4 Å². The van der Waals surface area contributed by atoms with Crippen molar-refractivity contribution in [2.75, 3.05) is 0 Å². The number of carbonyl (C=O) groups is 1. The number of pyridine rings is 1. The van der Waals surface area contributed by atoms with E-state index >= 15 is 0 Å². The number of aromatic nitrogens is 1. The Hall–Kier alpha value is -1.09. The summed E-state index contributed by atoms with van der Waals surface area (Å²) >= 11 is 0. The Kier molecular flexibility index (Phi) is 4.42. The summed E-state index contributed by atoms with van der Waals surface area (Å²) in [5, 5.41) is 8.65. The van der Waals surface area contributed by atoms with Crippen LogP contribution in [0.3, 0.4) is 0 Å². The molecule has 3 nitrogen and oxygen atoms in total. The van der Waals surface area contributed by atoms with Crippen LogP contribution < -0.4 is 0 Å². The maximum Gasteiger partial charge on any atom is 0.337 e. The van der Waals surface area contributed by atoms with E-state index in [1.165, 1.54) is 6.20 Å². The highest BCUT2D eigenvalue weighted by Crippen LogP contribution is 2.13. The molecule has 72 valence electrons. The fourth-order valence-corrected chi connectivity index (χ4v) is 0.890. The SMILES string of the molecule is CC(C)c1cncc(C(=O)O)c1.Cl. The standard InChI is InChI=1S/C9H11NO2.ClH/c1-6(2)7-3-8(9(11)12)5-10-4-7;/h3-6H,1-2H3,(H,11,12);1H. The van der Waals surface area contributed by atoms with Gasteiger partial charge in [-0.3, -0.25) is 4.98 Å². The largest absolute Gasteiger partial charge is 0.478 e. The van der Waals surface area contributed by atoms with E-state index in [-0.39, 0.29) is 18.0 Å². The van der Waals surface area contributed by atoms with E-state index in [0.717, 1.165) is 5.56 Å². The molecule has 1 heterocycles. The summed E-state index contributed by atoms with van der Waals surface area (Å²) in [7, 11) is 0. The van der Waals surface area contributed by atoms with Gasteiger partial charge >= 0.3 is 5.97 Å². The van der Waals surface area contributed by atoms with Crippen LogP contribution in [0.1, 0.15) is 35.7 Å². The Balaban J connectivity index is 0.00000144. The highest BCUT2D eigenvalue weighted by Gasteiger charge is 2.05. The summed E-state index contributed by atoms with van der Waals surface area (Å²) in [6.07, 6.45) is 3.05. The predicted octanol–water partition coefficient (Wildman–Crippen LogP) is 2.33. The number of carboxylic acid groups (broad SMARTS) is 1. The molecule has 0 unspecified atom stereocenters. The minimum absolute atomic E-state index is 0. The molecule has 0 saturated carbocycles. The van der Waals surface area contributed by atoms with Crippen molar-refractivity contribution in [3.8, 4) is 0 Å². The molecule has 1 aromatic rings. The topological polar surface area (TPSA) is 50.2 Å². The fraction of sp³-hybridized carbons (Fsp3) is 0.333. The molecular weight excluding hydrogens is 190 g/mol. The average Bonchev–Trinajstić information content (AvgIpc) is 2.04. The van der Waals surface area contributed by atoms with E-state index in [1.54, 1.807) is 12.3 Å². The summed E-state index contributed by atoms with van der Waals surface area (Å²) in [4.78, 5) is 14.4. The van der Waals surface area contributed by atoms with E-state index in [4.69, 9.17) is 5.11 Å². The third-order valence-corrected chi connectivity index (χ3v) is 1.67. The van der Waals surface area contributed by atoms with Crippen LogP contribution in [-0.2, 0) is 0 Å². The first kappa shape index (κ1) is 11.9. The van der Waals surface area contributed by atoms with Gasteiger partial charge in [-0.1, -0.05) is 13.8 Å².